The van der Waals surface area contributed by atoms with Gasteiger partial charge in [-0.05, 0) is 86.1 Å². The highest BCUT2D eigenvalue weighted by Gasteiger charge is 2.49. The topological polar surface area (TPSA) is 44.8 Å². The molecular formula is C34H60O4Si2. The first-order chi connectivity index (χ1) is 18.4. The zero-order chi connectivity index (χ0) is 29.9. The minimum atomic E-state index is -1.90. The highest BCUT2D eigenvalue weighted by atomic mass is 28.4. The number of carbonyl (C=O) groups excluding carboxylic acids is 1. The second-order valence-corrected chi connectivity index (χ2v) is 25.3. The summed E-state index contributed by atoms with van der Waals surface area (Å²) in [5.41, 5.74) is 1.41. The smallest absolute Gasteiger partial charge is 0.305 e. The molecule has 2 saturated carbocycles. The maximum atomic E-state index is 11.5. The lowest BCUT2D eigenvalue weighted by molar-refractivity contribution is -0.140. The third-order valence-corrected chi connectivity index (χ3v) is 19.8. The van der Waals surface area contributed by atoms with E-state index >= 15 is 0 Å². The largest absolute Gasteiger partial charge is 0.469 e. The van der Waals surface area contributed by atoms with Gasteiger partial charge in [0.1, 0.15) is 0 Å². The molecular weight excluding hydrogens is 529 g/mol. The van der Waals surface area contributed by atoms with Gasteiger partial charge in [0.05, 0.1) is 19.3 Å². The number of methoxy groups -OCH3 is 1. The molecule has 4 nitrogen and oxygen atoms in total. The van der Waals surface area contributed by atoms with Crippen LogP contribution in [0, 0.1) is 23.7 Å². The first-order valence-electron chi connectivity index (χ1n) is 15.9. The van der Waals surface area contributed by atoms with Gasteiger partial charge in [0.25, 0.3) is 0 Å². The lowest BCUT2D eigenvalue weighted by Crippen LogP contribution is -2.45. The summed E-state index contributed by atoms with van der Waals surface area (Å²) < 4.78 is 19.1. The van der Waals surface area contributed by atoms with E-state index in [4.69, 9.17) is 13.6 Å². The van der Waals surface area contributed by atoms with Crippen molar-refractivity contribution >= 4 is 22.6 Å². The SMILES string of the molecule is COC(=O)CCC=CC1=C[C@H]2C[C@@H](O[Si](C)(C)C(C)(C)C)[C@@H](/C=C\[C@@H](O[Si](C)(C)C(C)(C)C)C3CCCC3)[C@H]2C1. The second-order valence-electron chi connectivity index (χ2n) is 15.8. The molecule has 6 heteroatoms. The molecule has 0 aromatic carbocycles. The van der Waals surface area contributed by atoms with Crippen LogP contribution in [-0.2, 0) is 18.4 Å². The number of ether oxygens (including phenoxy) is 1. The van der Waals surface area contributed by atoms with Crippen molar-refractivity contribution < 1.29 is 18.4 Å². The third-order valence-electron chi connectivity index (χ3n) is 10.8. The number of allylic oxidation sites excluding steroid dienone is 4. The Morgan fingerprint density at radius 2 is 1.65 bits per heavy atom. The highest BCUT2D eigenvalue weighted by molar-refractivity contribution is 6.74. The van der Waals surface area contributed by atoms with Crippen molar-refractivity contribution in [1.82, 2.24) is 0 Å². The lowest BCUT2D eigenvalue weighted by Gasteiger charge is -2.41. The van der Waals surface area contributed by atoms with Gasteiger partial charge in [-0.1, -0.05) is 90.3 Å². The van der Waals surface area contributed by atoms with Gasteiger partial charge in [-0.2, -0.15) is 0 Å². The molecule has 40 heavy (non-hydrogen) atoms. The van der Waals surface area contributed by atoms with Gasteiger partial charge in [-0.25, -0.2) is 0 Å². The second kappa shape index (κ2) is 13.1. The minimum absolute atomic E-state index is 0.144. The molecule has 0 unspecified atom stereocenters. The molecule has 2 fully saturated rings. The number of hydrogen-bond donors (Lipinski definition) is 0. The number of esters is 1. The molecule has 0 radical (unpaired) electrons. The number of carbonyl (C=O) groups is 1. The fraction of sp³-hybridized carbons (Fsp3) is 0.794. The first-order valence-corrected chi connectivity index (χ1v) is 21.7. The maximum absolute atomic E-state index is 11.5. The van der Waals surface area contributed by atoms with E-state index in [1.165, 1.54) is 38.4 Å². The van der Waals surface area contributed by atoms with Crippen molar-refractivity contribution in [3.05, 3.63) is 36.0 Å². The fourth-order valence-corrected chi connectivity index (χ4v) is 8.87. The molecule has 0 spiro atoms. The summed E-state index contributed by atoms with van der Waals surface area (Å²) in [6, 6.07) is 0. The van der Waals surface area contributed by atoms with Crippen LogP contribution in [0.1, 0.15) is 92.9 Å². The Bertz CT molecular complexity index is 944. The minimum Gasteiger partial charge on any atom is -0.469 e. The van der Waals surface area contributed by atoms with E-state index in [0.717, 1.165) is 19.3 Å². The van der Waals surface area contributed by atoms with E-state index in [2.05, 4.69) is 98.1 Å². The Kier molecular flexibility index (Phi) is 11.0. The van der Waals surface area contributed by atoms with Crippen LogP contribution in [0.25, 0.3) is 0 Å². The maximum Gasteiger partial charge on any atom is 0.305 e. The van der Waals surface area contributed by atoms with E-state index in [-0.39, 0.29) is 28.3 Å². The lowest BCUT2D eigenvalue weighted by atomic mass is 9.88. The molecule has 5 atom stereocenters. The Balaban J connectivity index is 1.84. The molecule has 3 aliphatic rings. The fourth-order valence-electron chi connectivity index (χ4n) is 6.20. The predicted octanol–water partition coefficient (Wildman–Crippen LogP) is 9.61. The molecule has 0 aromatic heterocycles. The monoisotopic (exact) mass is 588 g/mol. The normalized spacial score (nSPS) is 27.5. The zero-order valence-corrected chi connectivity index (χ0v) is 29.6. The molecule has 0 amide bonds. The molecule has 3 rings (SSSR count). The summed E-state index contributed by atoms with van der Waals surface area (Å²) in [4.78, 5) is 11.5. The van der Waals surface area contributed by atoms with Gasteiger partial charge >= 0.3 is 5.97 Å². The predicted molar refractivity (Wildman–Crippen MR) is 173 cm³/mol. The van der Waals surface area contributed by atoms with Crippen LogP contribution in [0.2, 0.25) is 36.3 Å². The molecule has 0 N–H and O–H groups in total. The molecule has 3 aliphatic carbocycles. The summed E-state index contributed by atoms with van der Waals surface area (Å²) in [5, 5.41) is 0.398. The van der Waals surface area contributed by atoms with E-state index in [0.29, 0.717) is 30.1 Å². The molecule has 0 heterocycles. The van der Waals surface area contributed by atoms with Gasteiger partial charge in [0.15, 0.2) is 16.6 Å². The van der Waals surface area contributed by atoms with E-state index in [9.17, 15) is 4.79 Å². The summed E-state index contributed by atoms with van der Waals surface area (Å²) in [6.45, 7) is 23.7. The highest BCUT2D eigenvalue weighted by Crippen LogP contribution is 2.51. The van der Waals surface area contributed by atoms with Gasteiger partial charge in [0.2, 0.25) is 0 Å². The van der Waals surface area contributed by atoms with Crippen LogP contribution >= 0.6 is 0 Å². The third kappa shape index (κ3) is 8.32. The quantitative estimate of drug-likeness (QED) is 0.137. The summed E-state index contributed by atoms with van der Waals surface area (Å²) in [7, 11) is -2.33. The van der Waals surface area contributed by atoms with Crippen molar-refractivity contribution in [2.45, 2.75) is 141 Å². The first kappa shape index (κ1) is 33.5. The van der Waals surface area contributed by atoms with Crippen LogP contribution in [0.15, 0.2) is 36.0 Å². The molecule has 0 aromatic rings. The Morgan fingerprint density at radius 3 is 2.23 bits per heavy atom. The number of fused-ring (bicyclic) bond motifs is 1. The molecule has 0 aliphatic heterocycles. The van der Waals surface area contributed by atoms with Crippen LogP contribution in [0.3, 0.4) is 0 Å². The van der Waals surface area contributed by atoms with Crippen molar-refractivity contribution in [3.8, 4) is 0 Å². The summed E-state index contributed by atoms with van der Waals surface area (Å²) in [6.07, 6.45) is 21.0. The summed E-state index contributed by atoms with van der Waals surface area (Å²) >= 11 is 0. The van der Waals surface area contributed by atoms with Crippen molar-refractivity contribution in [3.63, 3.8) is 0 Å². The Labute approximate surface area is 248 Å². The average molecular weight is 589 g/mol. The standard InChI is InChI=1S/C34H60O4Si2/c1-33(2,3)39(8,9)37-30(26-17-13-14-18-26)21-20-28-29-23-25(16-12-15-19-32(35)36-7)22-27(29)24-31(28)38-40(10,11)34(4,5)6/h12,16,20-22,26-31H,13-15,17-19,23-24H2,1-11H3/b16-12?,21-20-/t27-,28-,29-,30+,31+/m0/s1. The molecule has 228 valence electrons. The van der Waals surface area contributed by atoms with Crippen molar-refractivity contribution in [2.24, 2.45) is 23.7 Å². The van der Waals surface area contributed by atoms with Crippen LogP contribution < -0.4 is 0 Å². The summed E-state index contributed by atoms with van der Waals surface area (Å²) in [5.74, 6) is 2.02. The van der Waals surface area contributed by atoms with Crippen molar-refractivity contribution in [2.75, 3.05) is 7.11 Å². The Hall–Kier alpha value is -0.956. The van der Waals surface area contributed by atoms with E-state index in [1.807, 2.05) is 0 Å². The van der Waals surface area contributed by atoms with Gasteiger partial charge in [-0.15, -0.1) is 0 Å². The number of rotatable bonds is 11. The van der Waals surface area contributed by atoms with Crippen molar-refractivity contribution in [1.29, 1.82) is 0 Å². The van der Waals surface area contributed by atoms with Crippen LogP contribution in [0.4, 0.5) is 0 Å². The Morgan fingerprint density at radius 1 is 1.02 bits per heavy atom. The van der Waals surface area contributed by atoms with Gasteiger partial charge in [-0.3, -0.25) is 4.79 Å². The van der Waals surface area contributed by atoms with Crippen LogP contribution in [-0.4, -0.2) is 41.9 Å². The molecule has 0 saturated heterocycles. The van der Waals surface area contributed by atoms with E-state index in [1.54, 1.807) is 0 Å². The number of hydrogen-bond acceptors (Lipinski definition) is 4. The molecule has 0 bridgehead atoms. The average Bonchev–Trinajstić information content (AvgIpc) is 3.55. The van der Waals surface area contributed by atoms with Gasteiger partial charge in [0, 0.05) is 12.3 Å². The van der Waals surface area contributed by atoms with E-state index < -0.39 is 16.6 Å². The zero-order valence-electron chi connectivity index (χ0n) is 27.6. The van der Waals surface area contributed by atoms with Crippen LogP contribution in [0.5, 0.6) is 0 Å². The van der Waals surface area contributed by atoms with Gasteiger partial charge < -0.3 is 13.6 Å².